The highest BCUT2D eigenvalue weighted by Gasteiger charge is 2.40. The monoisotopic (exact) mass is 331 g/mol. The fraction of sp³-hybridized carbons (Fsp3) is 0.579. The van der Waals surface area contributed by atoms with Gasteiger partial charge in [-0.05, 0) is 31.7 Å². The van der Waals surface area contributed by atoms with E-state index in [0.29, 0.717) is 19.5 Å². The number of carboxylic acid groups (broad SMARTS) is 1. The summed E-state index contributed by atoms with van der Waals surface area (Å²) in [5.74, 6) is -1.44. The lowest BCUT2D eigenvalue weighted by atomic mass is 9.89. The van der Waals surface area contributed by atoms with E-state index >= 15 is 0 Å². The van der Waals surface area contributed by atoms with Crippen LogP contribution >= 0.6 is 0 Å². The highest BCUT2D eigenvalue weighted by molar-refractivity contribution is 5.79. The molecule has 2 aliphatic rings. The normalized spacial score (nSPS) is 29.8. The van der Waals surface area contributed by atoms with Gasteiger partial charge in [-0.15, -0.1) is 0 Å². The molecule has 0 bridgehead atoms. The Morgan fingerprint density at radius 2 is 1.96 bits per heavy atom. The lowest BCUT2D eigenvalue weighted by Gasteiger charge is -2.18. The molecule has 4 atom stereocenters. The molecular weight excluding hydrogens is 306 g/mol. The zero-order valence-corrected chi connectivity index (χ0v) is 14.1. The van der Waals surface area contributed by atoms with Crippen LogP contribution in [0.1, 0.15) is 44.1 Å². The number of carbonyl (C=O) groups excluding carboxylic acids is 1. The van der Waals surface area contributed by atoms with E-state index in [1.807, 2.05) is 30.3 Å². The first kappa shape index (κ1) is 17.0. The minimum absolute atomic E-state index is 0.0443. The molecule has 2 fully saturated rings. The number of rotatable bonds is 5. The van der Waals surface area contributed by atoms with Crippen LogP contribution in [0.5, 0.6) is 0 Å². The molecular formula is C19H25NO4. The summed E-state index contributed by atoms with van der Waals surface area (Å²) < 4.78 is 5.76. The number of benzene rings is 1. The molecule has 2 heterocycles. The summed E-state index contributed by atoms with van der Waals surface area (Å²) in [5, 5.41) is 9.52. The van der Waals surface area contributed by atoms with Crippen molar-refractivity contribution in [2.75, 3.05) is 13.1 Å². The van der Waals surface area contributed by atoms with Crippen LogP contribution in [0.3, 0.4) is 0 Å². The average molecular weight is 331 g/mol. The SMILES string of the molecule is CC1CCC(CCC(=O)N2CC(C(=O)O)C(c3ccccc3)C2)O1. The molecule has 1 N–H and O–H groups in total. The maximum atomic E-state index is 12.5. The molecule has 0 radical (unpaired) electrons. The highest BCUT2D eigenvalue weighted by atomic mass is 16.5. The Bertz CT molecular complexity index is 588. The van der Waals surface area contributed by atoms with Crippen molar-refractivity contribution in [2.45, 2.75) is 50.7 Å². The molecule has 2 saturated heterocycles. The number of ether oxygens (including phenoxy) is 1. The van der Waals surface area contributed by atoms with Gasteiger partial charge in [-0.25, -0.2) is 0 Å². The van der Waals surface area contributed by atoms with Gasteiger partial charge in [-0.1, -0.05) is 30.3 Å². The summed E-state index contributed by atoms with van der Waals surface area (Å²) >= 11 is 0. The number of aliphatic carboxylic acids is 1. The van der Waals surface area contributed by atoms with E-state index in [0.717, 1.165) is 24.8 Å². The molecule has 0 saturated carbocycles. The summed E-state index contributed by atoms with van der Waals surface area (Å²) in [6, 6.07) is 9.64. The molecule has 0 aromatic heterocycles. The van der Waals surface area contributed by atoms with E-state index in [4.69, 9.17) is 4.74 Å². The third kappa shape index (κ3) is 3.78. The van der Waals surface area contributed by atoms with Crippen molar-refractivity contribution in [2.24, 2.45) is 5.92 Å². The van der Waals surface area contributed by atoms with Crippen molar-refractivity contribution < 1.29 is 19.4 Å². The van der Waals surface area contributed by atoms with E-state index in [1.165, 1.54) is 0 Å². The Kier molecular flexibility index (Phi) is 5.19. The van der Waals surface area contributed by atoms with Crippen LogP contribution in [0.4, 0.5) is 0 Å². The second-order valence-corrected chi connectivity index (χ2v) is 6.95. The Morgan fingerprint density at radius 3 is 2.58 bits per heavy atom. The van der Waals surface area contributed by atoms with Gasteiger partial charge in [-0.3, -0.25) is 9.59 Å². The van der Waals surface area contributed by atoms with Crippen molar-refractivity contribution in [1.29, 1.82) is 0 Å². The van der Waals surface area contributed by atoms with Crippen molar-refractivity contribution in [3.63, 3.8) is 0 Å². The molecule has 0 spiro atoms. The van der Waals surface area contributed by atoms with Gasteiger partial charge in [0.2, 0.25) is 5.91 Å². The predicted octanol–water partition coefficient (Wildman–Crippen LogP) is 2.66. The van der Waals surface area contributed by atoms with Crippen LogP contribution in [0.15, 0.2) is 30.3 Å². The third-order valence-electron chi connectivity index (χ3n) is 5.22. The minimum Gasteiger partial charge on any atom is -0.481 e. The summed E-state index contributed by atoms with van der Waals surface area (Å²) in [6.07, 6.45) is 3.69. The molecule has 5 heteroatoms. The molecule has 4 unspecified atom stereocenters. The van der Waals surface area contributed by atoms with Gasteiger partial charge in [0, 0.05) is 25.4 Å². The maximum absolute atomic E-state index is 12.5. The van der Waals surface area contributed by atoms with Gasteiger partial charge in [0.25, 0.3) is 0 Å². The van der Waals surface area contributed by atoms with Crippen LogP contribution in [-0.2, 0) is 14.3 Å². The van der Waals surface area contributed by atoms with Crippen LogP contribution < -0.4 is 0 Å². The maximum Gasteiger partial charge on any atom is 0.308 e. The van der Waals surface area contributed by atoms with E-state index in [1.54, 1.807) is 4.90 Å². The van der Waals surface area contributed by atoms with Crippen LogP contribution in [-0.4, -0.2) is 47.2 Å². The third-order valence-corrected chi connectivity index (χ3v) is 5.22. The number of likely N-dealkylation sites (tertiary alicyclic amines) is 1. The fourth-order valence-electron chi connectivity index (χ4n) is 3.84. The van der Waals surface area contributed by atoms with Crippen molar-refractivity contribution in [3.8, 4) is 0 Å². The molecule has 24 heavy (non-hydrogen) atoms. The summed E-state index contributed by atoms with van der Waals surface area (Å²) in [5.41, 5.74) is 0.994. The van der Waals surface area contributed by atoms with Crippen LogP contribution in [0.25, 0.3) is 0 Å². The molecule has 0 aliphatic carbocycles. The first-order valence-corrected chi connectivity index (χ1v) is 8.75. The quantitative estimate of drug-likeness (QED) is 0.901. The molecule has 130 valence electrons. The Hall–Kier alpha value is -1.88. The molecule has 1 aromatic rings. The van der Waals surface area contributed by atoms with Gasteiger partial charge in [0.05, 0.1) is 18.1 Å². The standard InChI is InChI=1S/C19H25NO4/c1-13-7-8-15(24-13)9-10-18(21)20-11-16(17(12-20)19(22)23)14-5-3-2-4-6-14/h2-6,13,15-17H,7-12H2,1H3,(H,22,23). The van der Waals surface area contributed by atoms with Crippen molar-refractivity contribution >= 4 is 11.9 Å². The predicted molar refractivity (Wildman–Crippen MR) is 89.7 cm³/mol. The smallest absolute Gasteiger partial charge is 0.308 e. The zero-order chi connectivity index (χ0) is 17.1. The Morgan fingerprint density at radius 1 is 1.21 bits per heavy atom. The van der Waals surface area contributed by atoms with Crippen molar-refractivity contribution in [3.05, 3.63) is 35.9 Å². The van der Waals surface area contributed by atoms with Crippen LogP contribution in [0, 0.1) is 5.92 Å². The van der Waals surface area contributed by atoms with E-state index in [-0.39, 0.29) is 24.0 Å². The van der Waals surface area contributed by atoms with E-state index in [2.05, 4.69) is 6.92 Å². The van der Waals surface area contributed by atoms with Crippen molar-refractivity contribution in [1.82, 2.24) is 4.90 Å². The number of nitrogens with zero attached hydrogens (tertiary/aromatic N) is 1. The molecule has 2 aliphatic heterocycles. The van der Waals surface area contributed by atoms with Gasteiger partial charge >= 0.3 is 5.97 Å². The minimum atomic E-state index is -0.827. The first-order chi connectivity index (χ1) is 11.5. The Labute approximate surface area is 142 Å². The molecule has 5 nitrogen and oxygen atoms in total. The molecule has 3 rings (SSSR count). The lowest BCUT2D eigenvalue weighted by molar-refractivity contribution is -0.141. The highest BCUT2D eigenvalue weighted by Crippen LogP contribution is 2.33. The van der Waals surface area contributed by atoms with E-state index in [9.17, 15) is 14.7 Å². The topological polar surface area (TPSA) is 66.8 Å². The average Bonchev–Trinajstić information content (AvgIpc) is 3.20. The number of carboxylic acids is 1. The fourth-order valence-corrected chi connectivity index (χ4v) is 3.84. The van der Waals surface area contributed by atoms with Gasteiger partial charge in [0.15, 0.2) is 0 Å². The summed E-state index contributed by atoms with van der Waals surface area (Å²) in [6.45, 7) is 2.85. The number of carbonyl (C=O) groups is 2. The van der Waals surface area contributed by atoms with Crippen LogP contribution in [0.2, 0.25) is 0 Å². The summed E-state index contributed by atoms with van der Waals surface area (Å²) in [4.78, 5) is 25.8. The van der Waals surface area contributed by atoms with Gasteiger partial charge in [0.1, 0.15) is 0 Å². The number of hydrogen-bond donors (Lipinski definition) is 1. The largest absolute Gasteiger partial charge is 0.481 e. The Balaban J connectivity index is 1.60. The second-order valence-electron chi connectivity index (χ2n) is 6.95. The van der Waals surface area contributed by atoms with Gasteiger partial charge in [-0.2, -0.15) is 0 Å². The zero-order valence-electron chi connectivity index (χ0n) is 14.1. The summed E-state index contributed by atoms with van der Waals surface area (Å²) in [7, 11) is 0. The number of amides is 1. The molecule has 1 amide bonds. The van der Waals surface area contributed by atoms with Gasteiger partial charge < -0.3 is 14.7 Å². The second kappa shape index (κ2) is 7.34. The first-order valence-electron chi connectivity index (χ1n) is 8.75. The molecule has 1 aromatic carbocycles. The van der Waals surface area contributed by atoms with E-state index < -0.39 is 11.9 Å². The number of hydrogen-bond acceptors (Lipinski definition) is 3. The lowest BCUT2D eigenvalue weighted by Crippen LogP contribution is -2.30.